The molecule has 0 amide bonds. The van der Waals surface area contributed by atoms with Crippen molar-refractivity contribution in [3.8, 4) is 0 Å². The molecule has 0 spiro atoms. The quantitative estimate of drug-likeness (QED) is 0.879. The summed E-state index contributed by atoms with van der Waals surface area (Å²) in [5.41, 5.74) is 2.83. The minimum absolute atomic E-state index is 0.109. The first-order valence-electron chi connectivity index (χ1n) is 7.06. The maximum absolute atomic E-state index is 5.94. The van der Waals surface area contributed by atoms with Crippen LogP contribution in [0.2, 0.25) is 0 Å². The maximum atomic E-state index is 5.94. The molecule has 1 atom stereocenters. The minimum atomic E-state index is 0.109. The monoisotopic (exact) mass is 247 g/mol. The SMILES string of the molecule is CCCCc1ccc(C2CNC(C)(C)CO2)cc1. The lowest BCUT2D eigenvalue weighted by Gasteiger charge is -2.36. The Hall–Kier alpha value is -0.860. The molecule has 1 saturated heterocycles. The van der Waals surface area contributed by atoms with E-state index in [1.165, 1.54) is 30.4 Å². The van der Waals surface area contributed by atoms with E-state index in [0.29, 0.717) is 0 Å². The Kier molecular flexibility index (Phi) is 4.41. The van der Waals surface area contributed by atoms with Gasteiger partial charge in [0.15, 0.2) is 0 Å². The minimum Gasteiger partial charge on any atom is -0.370 e. The van der Waals surface area contributed by atoms with Gasteiger partial charge in [-0.3, -0.25) is 0 Å². The van der Waals surface area contributed by atoms with Crippen LogP contribution in [0.15, 0.2) is 24.3 Å². The lowest BCUT2D eigenvalue weighted by Crippen LogP contribution is -2.50. The highest BCUT2D eigenvalue weighted by Crippen LogP contribution is 2.24. The third-order valence-electron chi connectivity index (χ3n) is 3.58. The lowest BCUT2D eigenvalue weighted by molar-refractivity contribution is -0.0228. The van der Waals surface area contributed by atoms with Gasteiger partial charge < -0.3 is 10.1 Å². The van der Waals surface area contributed by atoms with Gasteiger partial charge in [0.25, 0.3) is 0 Å². The number of unbranched alkanes of at least 4 members (excludes halogenated alkanes) is 1. The van der Waals surface area contributed by atoms with Crippen molar-refractivity contribution in [2.24, 2.45) is 0 Å². The molecule has 2 nitrogen and oxygen atoms in total. The molecule has 1 fully saturated rings. The van der Waals surface area contributed by atoms with Gasteiger partial charge in [0, 0.05) is 12.1 Å². The number of hydrogen-bond donors (Lipinski definition) is 1. The van der Waals surface area contributed by atoms with Crippen LogP contribution >= 0.6 is 0 Å². The fraction of sp³-hybridized carbons (Fsp3) is 0.625. The van der Waals surface area contributed by atoms with Gasteiger partial charge in [0.2, 0.25) is 0 Å². The molecule has 1 aliphatic rings. The van der Waals surface area contributed by atoms with Crippen molar-refractivity contribution < 1.29 is 4.74 Å². The maximum Gasteiger partial charge on any atom is 0.0950 e. The van der Waals surface area contributed by atoms with E-state index in [0.717, 1.165) is 13.2 Å². The number of rotatable bonds is 4. The topological polar surface area (TPSA) is 21.3 Å². The molecule has 2 heteroatoms. The smallest absolute Gasteiger partial charge is 0.0950 e. The van der Waals surface area contributed by atoms with Crippen LogP contribution < -0.4 is 5.32 Å². The van der Waals surface area contributed by atoms with Crippen molar-refractivity contribution in [1.29, 1.82) is 0 Å². The van der Waals surface area contributed by atoms with Crippen LogP contribution in [0.3, 0.4) is 0 Å². The van der Waals surface area contributed by atoms with E-state index >= 15 is 0 Å². The molecule has 1 unspecified atom stereocenters. The van der Waals surface area contributed by atoms with E-state index in [9.17, 15) is 0 Å². The normalized spacial score (nSPS) is 22.9. The number of ether oxygens (including phenoxy) is 1. The van der Waals surface area contributed by atoms with Gasteiger partial charge in [0.05, 0.1) is 12.7 Å². The van der Waals surface area contributed by atoms with E-state index in [4.69, 9.17) is 4.74 Å². The van der Waals surface area contributed by atoms with Gasteiger partial charge in [-0.25, -0.2) is 0 Å². The first kappa shape index (κ1) is 13.6. The fourth-order valence-electron chi connectivity index (χ4n) is 2.28. The van der Waals surface area contributed by atoms with Crippen LogP contribution in [0.4, 0.5) is 0 Å². The van der Waals surface area contributed by atoms with Gasteiger partial charge >= 0.3 is 0 Å². The van der Waals surface area contributed by atoms with Crippen molar-refractivity contribution in [3.05, 3.63) is 35.4 Å². The Labute approximate surface area is 111 Å². The summed E-state index contributed by atoms with van der Waals surface area (Å²) < 4.78 is 5.94. The summed E-state index contributed by atoms with van der Waals surface area (Å²) in [5, 5.41) is 3.53. The predicted molar refractivity (Wildman–Crippen MR) is 75.8 cm³/mol. The van der Waals surface area contributed by atoms with Gasteiger partial charge in [-0.1, -0.05) is 37.6 Å². The third kappa shape index (κ3) is 3.56. The highest BCUT2D eigenvalue weighted by Gasteiger charge is 2.27. The molecule has 2 rings (SSSR count). The molecular weight excluding hydrogens is 222 g/mol. The van der Waals surface area contributed by atoms with Gasteiger partial charge in [-0.2, -0.15) is 0 Å². The Morgan fingerprint density at radius 3 is 2.56 bits per heavy atom. The van der Waals surface area contributed by atoms with E-state index < -0.39 is 0 Å². The van der Waals surface area contributed by atoms with Crippen LogP contribution in [-0.4, -0.2) is 18.7 Å². The number of aryl methyl sites for hydroxylation is 1. The van der Waals surface area contributed by atoms with Crippen LogP contribution in [0.25, 0.3) is 0 Å². The highest BCUT2D eigenvalue weighted by molar-refractivity contribution is 5.25. The molecule has 100 valence electrons. The standard InChI is InChI=1S/C16H25NO/c1-4-5-6-13-7-9-14(10-8-13)15-11-17-16(2,3)12-18-15/h7-10,15,17H,4-6,11-12H2,1-3H3. The molecule has 0 aromatic heterocycles. The number of nitrogens with one attached hydrogen (secondary N) is 1. The fourth-order valence-corrected chi connectivity index (χ4v) is 2.28. The lowest BCUT2D eigenvalue weighted by atomic mass is 10.00. The van der Waals surface area contributed by atoms with Crippen molar-refractivity contribution in [2.45, 2.75) is 51.7 Å². The molecule has 1 aromatic carbocycles. The van der Waals surface area contributed by atoms with Gasteiger partial charge in [-0.15, -0.1) is 0 Å². The van der Waals surface area contributed by atoms with Crippen LogP contribution in [-0.2, 0) is 11.2 Å². The summed E-state index contributed by atoms with van der Waals surface area (Å²) in [6.07, 6.45) is 3.92. The Balaban J connectivity index is 1.94. The number of hydrogen-bond acceptors (Lipinski definition) is 2. The molecule has 0 bridgehead atoms. The third-order valence-corrected chi connectivity index (χ3v) is 3.58. The van der Waals surface area contributed by atoms with Crippen molar-refractivity contribution in [3.63, 3.8) is 0 Å². The Morgan fingerprint density at radius 1 is 1.28 bits per heavy atom. The molecule has 0 aliphatic carbocycles. The second kappa shape index (κ2) is 5.85. The Bertz CT molecular complexity index is 359. The number of benzene rings is 1. The van der Waals surface area contributed by atoms with E-state index in [1.807, 2.05) is 0 Å². The zero-order chi connectivity index (χ0) is 13.0. The zero-order valence-electron chi connectivity index (χ0n) is 11.8. The molecular formula is C16H25NO. The first-order chi connectivity index (χ1) is 8.61. The Morgan fingerprint density at radius 2 is 2.00 bits per heavy atom. The summed E-state index contributed by atoms with van der Waals surface area (Å²) in [5.74, 6) is 0. The summed E-state index contributed by atoms with van der Waals surface area (Å²) in [6, 6.07) is 8.92. The summed E-state index contributed by atoms with van der Waals surface area (Å²) in [7, 11) is 0. The summed E-state index contributed by atoms with van der Waals surface area (Å²) in [4.78, 5) is 0. The van der Waals surface area contributed by atoms with Gasteiger partial charge in [-0.05, 0) is 37.8 Å². The van der Waals surface area contributed by atoms with Crippen LogP contribution in [0.1, 0.15) is 50.8 Å². The second-order valence-corrected chi connectivity index (χ2v) is 5.91. The van der Waals surface area contributed by atoms with E-state index in [2.05, 4.69) is 50.4 Å². The second-order valence-electron chi connectivity index (χ2n) is 5.91. The number of morpholine rings is 1. The largest absolute Gasteiger partial charge is 0.370 e. The molecule has 0 saturated carbocycles. The van der Waals surface area contributed by atoms with E-state index in [-0.39, 0.29) is 11.6 Å². The van der Waals surface area contributed by atoms with Crippen molar-refractivity contribution >= 4 is 0 Å². The summed E-state index contributed by atoms with van der Waals surface area (Å²) >= 11 is 0. The molecule has 1 aliphatic heterocycles. The highest BCUT2D eigenvalue weighted by atomic mass is 16.5. The van der Waals surface area contributed by atoms with Crippen molar-refractivity contribution in [2.75, 3.05) is 13.2 Å². The average molecular weight is 247 g/mol. The van der Waals surface area contributed by atoms with Gasteiger partial charge in [0.1, 0.15) is 0 Å². The predicted octanol–water partition coefficient (Wildman–Crippen LogP) is 3.47. The van der Waals surface area contributed by atoms with E-state index in [1.54, 1.807) is 0 Å². The molecule has 1 aromatic rings. The van der Waals surface area contributed by atoms with Crippen LogP contribution in [0.5, 0.6) is 0 Å². The van der Waals surface area contributed by atoms with Crippen LogP contribution in [0, 0.1) is 0 Å². The molecule has 18 heavy (non-hydrogen) atoms. The van der Waals surface area contributed by atoms with Crippen molar-refractivity contribution in [1.82, 2.24) is 5.32 Å². The first-order valence-corrected chi connectivity index (χ1v) is 7.06. The average Bonchev–Trinajstić information content (AvgIpc) is 2.37. The zero-order valence-corrected chi connectivity index (χ0v) is 11.8. The summed E-state index contributed by atoms with van der Waals surface area (Å²) in [6.45, 7) is 8.27. The molecule has 1 N–H and O–H groups in total. The molecule has 0 radical (unpaired) electrons. The molecule has 1 heterocycles.